The summed E-state index contributed by atoms with van der Waals surface area (Å²) in [5, 5.41) is 2.75. The van der Waals surface area contributed by atoms with Crippen molar-refractivity contribution in [2.75, 3.05) is 13.1 Å². The Morgan fingerprint density at radius 1 is 1.58 bits per heavy atom. The zero-order valence-electron chi connectivity index (χ0n) is 8.10. The summed E-state index contributed by atoms with van der Waals surface area (Å²) in [5.74, 6) is 0.773. The van der Waals surface area contributed by atoms with Gasteiger partial charge in [0.25, 0.3) is 0 Å². The quantitative estimate of drug-likeness (QED) is 0.625. The topological polar surface area (TPSA) is 55.1 Å². The van der Waals surface area contributed by atoms with Gasteiger partial charge >= 0.3 is 0 Å². The van der Waals surface area contributed by atoms with Gasteiger partial charge in [0.2, 0.25) is 5.91 Å². The Labute approximate surface area is 74.7 Å². The number of rotatable bonds is 6. The molecule has 0 aromatic carbocycles. The molecule has 0 aliphatic heterocycles. The van der Waals surface area contributed by atoms with Crippen molar-refractivity contribution in [2.24, 2.45) is 11.7 Å². The van der Waals surface area contributed by atoms with Crippen molar-refractivity contribution < 1.29 is 4.79 Å². The normalized spacial score (nSPS) is 12.6. The van der Waals surface area contributed by atoms with E-state index in [1.165, 1.54) is 0 Å². The largest absolute Gasteiger partial charge is 0.355 e. The maximum absolute atomic E-state index is 11.1. The monoisotopic (exact) mass is 172 g/mol. The SMILES string of the molecule is CCC(C)CCC(=O)NCCN. The molecule has 1 amide bonds. The molecule has 0 aromatic heterocycles. The van der Waals surface area contributed by atoms with Gasteiger partial charge in [-0.05, 0) is 12.3 Å². The molecule has 0 aromatic rings. The molecule has 3 heteroatoms. The fourth-order valence-corrected chi connectivity index (χ4v) is 0.882. The number of carbonyl (C=O) groups excluding carboxylic acids is 1. The van der Waals surface area contributed by atoms with Gasteiger partial charge in [0.1, 0.15) is 0 Å². The van der Waals surface area contributed by atoms with Crippen LogP contribution in [0, 0.1) is 5.92 Å². The summed E-state index contributed by atoms with van der Waals surface area (Å²) in [4.78, 5) is 11.1. The van der Waals surface area contributed by atoms with Crippen LogP contribution in [0.2, 0.25) is 0 Å². The fourth-order valence-electron chi connectivity index (χ4n) is 0.882. The Kier molecular flexibility index (Phi) is 6.76. The van der Waals surface area contributed by atoms with E-state index in [0.717, 1.165) is 12.8 Å². The Balaban J connectivity index is 3.31. The van der Waals surface area contributed by atoms with Crippen LogP contribution in [0.5, 0.6) is 0 Å². The third kappa shape index (κ3) is 6.16. The fraction of sp³-hybridized carbons (Fsp3) is 0.889. The zero-order valence-corrected chi connectivity index (χ0v) is 8.10. The smallest absolute Gasteiger partial charge is 0.220 e. The molecule has 1 atom stereocenters. The molecule has 72 valence electrons. The third-order valence-corrected chi connectivity index (χ3v) is 2.03. The van der Waals surface area contributed by atoms with E-state index in [2.05, 4.69) is 19.2 Å². The van der Waals surface area contributed by atoms with Crippen LogP contribution < -0.4 is 11.1 Å². The van der Waals surface area contributed by atoms with Crippen LogP contribution in [-0.4, -0.2) is 19.0 Å². The molecule has 0 aliphatic carbocycles. The van der Waals surface area contributed by atoms with Crippen LogP contribution in [0.15, 0.2) is 0 Å². The Bertz CT molecular complexity index is 126. The first kappa shape index (κ1) is 11.4. The van der Waals surface area contributed by atoms with Crippen molar-refractivity contribution in [2.45, 2.75) is 33.1 Å². The van der Waals surface area contributed by atoms with E-state index in [1.54, 1.807) is 0 Å². The molecule has 3 nitrogen and oxygen atoms in total. The first-order valence-corrected chi connectivity index (χ1v) is 4.67. The second kappa shape index (κ2) is 7.10. The predicted molar refractivity (Wildman–Crippen MR) is 50.8 cm³/mol. The molecule has 0 rings (SSSR count). The van der Waals surface area contributed by atoms with Crippen LogP contribution in [0.25, 0.3) is 0 Å². The molecule has 3 N–H and O–H groups in total. The summed E-state index contributed by atoms with van der Waals surface area (Å²) in [6.45, 7) is 5.42. The Hall–Kier alpha value is -0.570. The highest BCUT2D eigenvalue weighted by Gasteiger charge is 2.03. The Morgan fingerprint density at radius 3 is 2.75 bits per heavy atom. The van der Waals surface area contributed by atoms with E-state index in [-0.39, 0.29) is 5.91 Å². The van der Waals surface area contributed by atoms with Crippen LogP contribution in [0.4, 0.5) is 0 Å². The van der Waals surface area contributed by atoms with Crippen LogP contribution >= 0.6 is 0 Å². The first-order chi connectivity index (χ1) is 5.70. The molecule has 0 fully saturated rings. The lowest BCUT2D eigenvalue weighted by atomic mass is 10.0. The first-order valence-electron chi connectivity index (χ1n) is 4.67. The lowest BCUT2D eigenvalue weighted by molar-refractivity contribution is -0.121. The highest BCUT2D eigenvalue weighted by atomic mass is 16.1. The van der Waals surface area contributed by atoms with E-state index in [9.17, 15) is 4.79 Å². The molecular weight excluding hydrogens is 152 g/mol. The van der Waals surface area contributed by atoms with Gasteiger partial charge in [0.15, 0.2) is 0 Å². The van der Waals surface area contributed by atoms with Crippen molar-refractivity contribution >= 4 is 5.91 Å². The summed E-state index contributed by atoms with van der Waals surface area (Å²) in [5.41, 5.74) is 5.24. The average molecular weight is 172 g/mol. The second-order valence-electron chi connectivity index (χ2n) is 3.19. The molecule has 0 heterocycles. The van der Waals surface area contributed by atoms with Gasteiger partial charge in [0.05, 0.1) is 0 Å². The van der Waals surface area contributed by atoms with E-state index in [4.69, 9.17) is 5.73 Å². The highest BCUT2D eigenvalue weighted by molar-refractivity contribution is 5.75. The molecule has 0 saturated heterocycles. The minimum Gasteiger partial charge on any atom is -0.355 e. The molecule has 0 spiro atoms. The number of nitrogens with two attached hydrogens (primary N) is 1. The number of hydrogen-bond donors (Lipinski definition) is 2. The van der Waals surface area contributed by atoms with Gasteiger partial charge in [-0.25, -0.2) is 0 Å². The molecule has 0 saturated carbocycles. The zero-order chi connectivity index (χ0) is 9.40. The molecule has 0 aliphatic rings. The number of carbonyl (C=O) groups is 1. The average Bonchev–Trinajstić information content (AvgIpc) is 2.10. The van der Waals surface area contributed by atoms with Gasteiger partial charge in [0, 0.05) is 19.5 Å². The predicted octanol–water partition coefficient (Wildman–Crippen LogP) is 0.888. The van der Waals surface area contributed by atoms with E-state index in [0.29, 0.717) is 25.4 Å². The maximum atomic E-state index is 11.1. The van der Waals surface area contributed by atoms with Crippen molar-refractivity contribution in [1.82, 2.24) is 5.32 Å². The van der Waals surface area contributed by atoms with E-state index < -0.39 is 0 Å². The van der Waals surface area contributed by atoms with Crippen molar-refractivity contribution in [3.8, 4) is 0 Å². The standard InChI is InChI=1S/C9H20N2O/c1-3-8(2)4-5-9(12)11-7-6-10/h8H,3-7,10H2,1-2H3,(H,11,12). The van der Waals surface area contributed by atoms with Gasteiger partial charge in [-0.2, -0.15) is 0 Å². The minimum absolute atomic E-state index is 0.126. The summed E-state index contributed by atoms with van der Waals surface area (Å²) < 4.78 is 0. The van der Waals surface area contributed by atoms with Crippen LogP contribution in [0.1, 0.15) is 33.1 Å². The Morgan fingerprint density at radius 2 is 2.25 bits per heavy atom. The van der Waals surface area contributed by atoms with E-state index >= 15 is 0 Å². The van der Waals surface area contributed by atoms with Crippen LogP contribution in [0.3, 0.4) is 0 Å². The van der Waals surface area contributed by atoms with Gasteiger partial charge in [-0.15, -0.1) is 0 Å². The van der Waals surface area contributed by atoms with Gasteiger partial charge in [-0.3, -0.25) is 4.79 Å². The van der Waals surface area contributed by atoms with Gasteiger partial charge < -0.3 is 11.1 Å². The van der Waals surface area contributed by atoms with E-state index in [1.807, 2.05) is 0 Å². The number of nitrogens with one attached hydrogen (secondary N) is 1. The van der Waals surface area contributed by atoms with Crippen molar-refractivity contribution in [3.63, 3.8) is 0 Å². The second-order valence-corrected chi connectivity index (χ2v) is 3.19. The van der Waals surface area contributed by atoms with Crippen LogP contribution in [-0.2, 0) is 4.79 Å². The van der Waals surface area contributed by atoms with Crippen molar-refractivity contribution in [1.29, 1.82) is 0 Å². The summed E-state index contributed by atoms with van der Waals surface area (Å²) in [7, 11) is 0. The number of hydrogen-bond acceptors (Lipinski definition) is 2. The van der Waals surface area contributed by atoms with Crippen molar-refractivity contribution in [3.05, 3.63) is 0 Å². The number of amides is 1. The molecule has 0 bridgehead atoms. The lowest BCUT2D eigenvalue weighted by Gasteiger charge is -2.07. The molecule has 0 radical (unpaired) electrons. The highest BCUT2D eigenvalue weighted by Crippen LogP contribution is 2.08. The maximum Gasteiger partial charge on any atom is 0.220 e. The lowest BCUT2D eigenvalue weighted by Crippen LogP contribution is -2.29. The third-order valence-electron chi connectivity index (χ3n) is 2.03. The summed E-state index contributed by atoms with van der Waals surface area (Å²) in [6.07, 6.45) is 2.76. The molecule has 1 unspecified atom stereocenters. The summed E-state index contributed by atoms with van der Waals surface area (Å²) >= 11 is 0. The molecule has 12 heavy (non-hydrogen) atoms. The summed E-state index contributed by atoms with van der Waals surface area (Å²) in [6, 6.07) is 0. The van der Waals surface area contributed by atoms with Gasteiger partial charge in [-0.1, -0.05) is 20.3 Å². The molecular formula is C9H20N2O. The minimum atomic E-state index is 0.126.